The Bertz CT molecular complexity index is 1140. The molecule has 9 nitrogen and oxygen atoms in total. The number of carbonyl (C=O) groups excluding carboxylic acids is 1. The average molecular weight is 460 g/mol. The summed E-state index contributed by atoms with van der Waals surface area (Å²) in [7, 11) is 0. The molecule has 2 N–H and O–H groups in total. The van der Waals surface area contributed by atoms with Crippen LogP contribution in [0.15, 0.2) is 29.1 Å². The van der Waals surface area contributed by atoms with Crippen molar-refractivity contribution in [3.8, 4) is 11.8 Å². The number of rotatable bonds is 11. The number of aliphatic hydroxyl groups is 1. The zero-order valence-electron chi connectivity index (χ0n) is 17.7. The van der Waals surface area contributed by atoms with Gasteiger partial charge in [0.1, 0.15) is 27.6 Å². The molecule has 10 heteroatoms. The molecule has 0 amide bonds. The molecule has 1 aliphatic rings. The lowest BCUT2D eigenvalue weighted by molar-refractivity contribution is -0.136. The van der Waals surface area contributed by atoms with E-state index in [2.05, 4.69) is 5.32 Å². The third-order valence-electron chi connectivity index (χ3n) is 4.53. The smallest absolute Gasteiger partial charge is 0.351 e. The first-order valence-corrected chi connectivity index (χ1v) is 11.1. The summed E-state index contributed by atoms with van der Waals surface area (Å²) in [5.74, 6) is -0.0529. The molecule has 1 aromatic carbocycles. The molecule has 3 rings (SSSR count). The number of aromatic nitrogens is 1. The van der Waals surface area contributed by atoms with Crippen LogP contribution in [-0.4, -0.2) is 48.7 Å². The van der Waals surface area contributed by atoms with E-state index in [-0.39, 0.29) is 37.0 Å². The first kappa shape index (κ1) is 23.5. The van der Waals surface area contributed by atoms with Crippen molar-refractivity contribution in [3.63, 3.8) is 0 Å². The molecule has 0 saturated heterocycles. The van der Waals surface area contributed by atoms with Crippen molar-refractivity contribution in [1.82, 2.24) is 4.57 Å². The lowest BCUT2D eigenvalue weighted by Gasteiger charge is -2.07. The van der Waals surface area contributed by atoms with E-state index in [1.807, 2.05) is 6.07 Å². The maximum absolute atomic E-state index is 12.9. The van der Waals surface area contributed by atoms with Crippen molar-refractivity contribution >= 4 is 34.8 Å². The molecule has 1 aliphatic carbocycles. The first-order valence-electron chi connectivity index (χ1n) is 10.3. The van der Waals surface area contributed by atoms with Gasteiger partial charge in [-0.15, -0.1) is 11.3 Å². The fraction of sp³-hybridized carbons (Fsp3) is 0.409. The second-order valence-electron chi connectivity index (χ2n) is 6.88. The van der Waals surface area contributed by atoms with Gasteiger partial charge in [-0.2, -0.15) is 5.26 Å². The number of carbonyl (C=O) groups is 1. The summed E-state index contributed by atoms with van der Waals surface area (Å²) in [5, 5.41) is 21.2. The molecule has 0 radical (unpaired) electrons. The Morgan fingerprint density at radius 2 is 2.06 bits per heavy atom. The first-order chi connectivity index (χ1) is 15.6. The molecule has 1 saturated carbocycles. The van der Waals surface area contributed by atoms with Gasteiger partial charge in [-0.25, -0.2) is 4.79 Å². The summed E-state index contributed by atoms with van der Waals surface area (Å²) in [4.78, 5) is 25.1. The van der Waals surface area contributed by atoms with Crippen molar-refractivity contribution in [2.75, 3.05) is 38.4 Å². The fourth-order valence-electron chi connectivity index (χ4n) is 2.90. The van der Waals surface area contributed by atoms with Crippen LogP contribution >= 0.6 is 11.3 Å². The van der Waals surface area contributed by atoms with E-state index in [1.54, 1.807) is 37.4 Å². The molecule has 0 unspecified atom stereocenters. The molecular weight excluding hydrogens is 434 g/mol. The van der Waals surface area contributed by atoms with Crippen LogP contribution in [0.5, 0.6) is 5.75 Å². The number of anilines is 1. The highest BCUT2D eigenvalue weighted by atomic mass is 32.1. The second-order valence-corrected chi connectivity index (χ2v) is 7.91. The summed E-state index contributed by atoms with van der Waals surface area (Å²) in [5.41, 5.74) is 0.362. The average Bonchev–Trinajstić information content (AvgIpc) is 3.57. The van der Waals surface area contributed by atoms with Crippen LogP contribution in [0.2, 0.25) is 0 Å². The van der Waals surface area contributed by atoms with E-state index in [0.29, 0.717) is 28.2 Å². The zero-order valence-corrected chi connectivity index (χ0v) is 18.5. The van der Waals surface area contributed by atoms with Gasteiger partial charge in [-0.3, -0.25) is 9.36 Å². The predicted molar refractivity (Wildman–Crippen MR) is 120 cm³/mol. The molecule has 0 spiro atoms. The molecule has 1 fully saturated rings. The second kappa shape index (κ2) is 11.5. The fourth-order valence-corrected chi connectivity index (χ4v) is 3.97. The highest BCUT2D eigenvalue weighted by molar-refractivity contribution is 7.07. The predicted octanol–water partition coefficient (Wildman–Crippen LogP) is 0.720. The number of benzene rings is 1. The zero-order chi connectivity index (χ0) is 22.9. The maximum Gasteiger partial charge on any atom is 0.351 e. The van der Waals surface area contributed by atoms with Crippen LogP contribution in [0.1, 0.15) is 25.8 Å². The van der Waals surface area contributed by atoms with Crippen LogP contribution in [0.25, 0.3) is 11.8 Å². The van der Waals surface area contributed by atoms with Gasteiger partial charge >= 0.3 is 5.97 Å². The van der Waals surface area contributed by atoms with E-state index < -0.39 is 5.97 Å². The minimum atomic E-state index is -0.720. The summed E-state index contributed by atoms with van der Waals surface area (Å²) in [6, 6.07) is 9.08. The van der Waals surface area contributed by atoms with Crippen LogP contribution in [0, 0.1) is 11.3 Å². The monoisotopic (exact) mass is 459 g/mol. The van der Waals surface area contributed by atoms with Gasteiger partial charge in [0.15, 0.2) is 5.57 Å². The number of ether oxygens (including phenoxy) is 3. The molecule has 170 valence electrons. The number of nitriles is 1. The molecular formula is C22H25N3O6S. The number of nitrogens with zero attached hydrogens (tertiary/aromatic N) is 2. The van der Waals surface area contributed by atoms with Gasteiger partial charge in [0, 0.05) is 17.9 Å². The van der Waals surface area contributed by atoms with Crippen molar-refractivity contribution in [2.24, 2.45) is 0 Å². The van der Waals surface area contributed by atoms with Crippen LogP contribution in [0.4, 0.5) is 5.69 Å². The molecule has 1 heterocycles. The number of nitrogens with one attached hydrogen (secondary N) is 1. The van der Waals surface area contributed by atoms with Gasteiger partial charge in [-0.05, 0) is 44.0 Å². The minimum absolute atomic E-state index is 0.00599. The van der Waals surface area contributed by atoms with E-state index in [0.717, 1.165) is 29.9 Å². The van der Waals surface area contributed by atoms with E-state index in [9.17, 15) is 14.9 Å². The number of esters is 1. The molecule has 0 bridgehead atoms. The van der Waals surface area contributed by atoms with Crippen LogP contribution in [0.3, 0.4) is 0 Å². The molecule has 0 aliphatic heterocycles. The van der Waals surface area contributed by atoms with Gasteiger partial charge in [0.25, 0.3) is 5.56 Å². The standard InChI is InChI=1S/C22H25N3O6S/c1-2-30-22(28)18(13-23)21-25(16-5-6-16)20(27)19(32-21)14-24-15-3-7-17(8-4-15)31-12-11-29-10-9-26/h3-4,7-8,14,16,24,26H,2,5-6,9-12H2,1H3/b19-14-,21-18-. The number of hydrogen-bond acceptors (Lipinski definition) is 9. The molecule has 2 aromatic rings. The third kappa shape index (κ3) is 5.97. The van der Waals surface area contributed by atoms with Crippen molar-refractivity contribution in [3.05, 3.63) is 43.8 Å². The summed E-state index contributed by atoms with van der Waals surface area (Å²) >= 11 is 1.10. The van der Waals surface area contributed by atoms with Gasteiger partial charge in [-0.1, -0.05) is 0 Å². The Kier molecular flexibility index (Phi) is 8.44. The quantitative estimate of drug-likeness (QED) is 0.372. The van der Waals surface area contributed by atoms with Gasteiger partial charge in [0.05, 0.1) is 26.4 Å². The lowest BCUT2D eigenvalue weighted by atomic mass is 10.3. The Labute approximate surface area is 188 Å². The maximum atomic E-state index is 12.9. The minimum Gasteiger partial charge on any atom is -0.491 e. The SMILES string of the molecule is CCOC(=O)/C(C#N)=c1\s/c(=C\Nc2ccc(OCCOCCO)cc2)c(=O)n1C1CC1. The van der Waals surface area contributed by atoms with E-state index >= 15 is 0 Å². The summed E-state index contributed by atoms with van der Waals surface area (Å²) < 4.78 is 17.9. The summed E-state index contributed by atoms with van der Waals surface area (Å²) in [6.07, 6.45) is 3.25. The van der Waals surface area contributed by atoms with Crippen molar-refractivity contribution in [2.45, 2.75) is 25.8 Å². The van der Waals surface area contributed by atoms with Crippen LogP contribution < -0.4 is 24.8 Å². The highest BCUT2D eigenvalue weighted by Crippen LogP contribution is 2.32. The van der Waals surface area contributed by atoms with Gasteiger partial charge in [0.2, 0.25) is 0 Å². The van der Waals surface area contributed by atoms with E-state index in [4.69, 9.17) is 19.3 Å². The Balaban J connectivity index is 1.79. The van der Waals surface area contributed by atoms with Gasteiger partial charge < -0.3 is 24.6 Å². The number of hydrogen-bond donors (Lipinski definition) is 2. The summed E-state index contributed by atoms with van der Waals surface area (Å²) in [6.45, 7) is 2.83. The Hall–Kier alpha value is -3.13. The van der Waals surface area contributed by atoms with E-state index in [1.165, 1.54) is 4.57 Å². The normalized spacial score (nSPS) is 14.6. The lowest BCUT2D eigenvalue weighted by Crippen LogP contribution is -2.32. The van der Waals surface area contributed by atoms with Crippen molar-refractivity contribution < 1.29 is 24.1 Å². The number of aliphatic hydroxyl groups excluding tert-OH is 1. The Morgan fingerprint density at radius 1 is 1.31 bits per heavy atom. The molecule has 0 atom stereocenters. The van der Waals surface area contributed by atoms with Crippen LogP contribution in [-0.2, 0) is 14.3 Å². The molecule has 1 aromatic heterocycles. The largest absolute Gasteiger partial charge is 0.491 e. The number of thiazole rings is 1. The topological polar surface area (TPSA) is 123 Å². The highest BCUT2D eigenvalue weighted by Gasteiger charge is 2.29. The Morgan fingerprint density at radius 3 is 2.69 bits per heavy atom. The van der Waals surface area contributed by atoms with Crippen molar-refractivity contribution in [1.29, 1.82) is 5.26 Å². The molecule has 32 heavy (non-hydrogen) atoms. The third-order valence-corrected chi connectivity index (χ3v) is 5.64.